The van der Waals surface area contributed by atoms with Gasteiger partial charge < -0.3 is 4.42 Å². The Balaban J connectivity index is 0.00000136. The summed E-state index contributed by atoms with van der Waals surface area (Å²) >= 11 is 0. The Morgan fingerprint density at radius 3 is 1.55 bits per heavy atom. The van der Waals surface area contributed by atoms with Crippen molar-refractivity contribution in [1.29, 1.82) is 0 Å². The molecular formula is C27H21CrO4P. The van der Waals surface area contributed by atoms with Gasteiger partial charge in [-0.15, -0.1) is 0 Å². The zero-order valence-electron chi connectivity index (χ0n) is 17.9. The van der Waals surface area contributed by atoms with E-state index in [1.54, 1.807) is 6.26 Å². The minimum atomic E-state index is -0.617. The van der Waals surface area contributed by atoms with Crippen LogP contribution in [0.15, 0.2) is 108 Å². The normalized spacial score (nSPS) is 9.82. The molecule has 0 radical (unpaired) electrons. The SMILES string of the molecule is C[C@@H](c1ccco1)c1ccccc1P(c1ccccc1)c1ccccc1.[C-]#[O+].[C-]#[O+].[C-]#[O+].[Cr]. The van der Waals surface area contributed by atoms with Crippen LogP contribution in [0.3, 0.4) is 0 Å². The second kappa shape index (κ2) is 17.7. The molecule has 4 rings (SSSR count). The summed E-state index contributed by atoms with van der Waals surface area (Å²) in [5.41, 5.74) is 1.33. The second-order valence-electron chi connectivity index (χ2n) is 6.30. The molecule has 33 heavy (non-hydrogen) atoms. The maximum Gasteiger partial charge on any atom is 0 e. The Labute approximate surface area is 206 Å². The predicted octanol–water partition coefficient (Wildman–Crippen LogP) is 5.07. The summed E-state index contributed by atoms with van der Waals surface area (Å²) in [6.07, 6.45) is 1.76. The molecular weight excluding hydrogens is 471 g/mol. The fourth-order valence-corrected chi connectivity index (χ4v) is 5.89. The first kappa shape index (κ1) is 30.1. The van der Waals surface area contributed by atoms with Crippen molar-refractivity contribution in [1.82, 2.24) is 0 Å². The first-order valence-electron chi connectivity index (χ1n) is 9.48. The van der Waals surface area contributed by atoms with Gasteiger partial charge in [0.25, 0.3) is 0 Å². The molecule has 0 spiro atoms. The van der Waals surface area contributed by atoms with E-state index in [1.165, 1.54) is 21.5 Å². The van der Waals surface area contributed by atoms with Crippen molar-refractivity contribution >= 4 is 23.8 Å². The molecule has 0 saturated carbocycles. The van der Waals surface area contributed by atoms with E-state index in [4.69, 9.17) is 18.4 Å². The fraction of sp³-hybridized carbons (Fsp3) is 0.0741. The van der Waals surface area contributed by atoms with Crippen LogP contribution in [0.25, 0.3) is 0 Å². The molecule has 0 saturated heterocycles. The summed E-state index contributed by atoms with van der Waals surface area (Å²) in [5.74, 6) is 1.23. The predicted molar refractivity (Wildman–Crippen MR) is 123 cm³/mol. The molecule has 6 heteroatoms. The molecule has 0 aliphatic rings. The van der Waals surface area contributed by atoms with Crippen LogP contribution in [-0.4, -0.2) is 0 Å². The molecule has 0 aliphatic carbocycles. The van der Waals surface area contributed by atoms with Crippen LogP contribution in [0, 0.1) is 20.0 Å². The van der Waals surface area contributed by atoms with E-state index in [1.807, 2.05) is 6.07 Å². The number of hydrogen-bond donors (Lipinski definition) is 0. The Morgan fingerprint density at radius 2 is 1.09 bits per heavy atom. The van der Waals surface area contributed by atoms with E-state index >= 15 is 0 Å². The van der Waals surface area contributed by atoms with Gasteiger partial charge in [-0.3, -0.25) is 0 Å². The van der Waals surface area contributed by atoms with Crippen LogP contribution in [0.4, 0.5) is 0 Å². The van der Waals surface area contributed by atoms with E-state index in [-0.39, 0.29) is 23.3 Å². The molecule has 3 aromatic carbocycles. The smallest absolute Gasteiger partial charge is 0 e. The van der Waals surface area contributed by atoms with Gasteiger partial charge in [0, 0.05) is 23.3 Å². The van der Waals surface area contributed by atoms with Crippen LogP contribution in [0.1, 0.15) is 24.2 Å². The third-order valence-corrected chi connectivity index (χ3v) is 7.16. The fourth-order valence-electron chi connectivity index (χ4n) is 3.33. The van der Waals surface area contributed by atoms with E-state index in [9.17, 15) is 0 Å². The van der Waals surface area contributed by atoms with Gasteiger partial charge in [0.05, 0.1) is 6.26 Å². The third kappa shape index (κ3) is 8.20. The first-order valence-corrected chi connectivity index (χ1v) is 10.8. The van der Waals surface area contributed by atoms with Crippen LogP contribution in [-0.2, 0) is 31.3 Å². The summed E-state index contributed by atoms with van der Waals surface area (Å²) in [6, 6.07) is 34.5. The van der Waals surface area contributed by atoms with E-state index < -0.39 is 7.92 Å². The molecule has 1 aromatic heterocycles. The topological polar surface area (TPSA) is 72.8 Å². The quantitative estimate of drug-likeness (QED) is 0.218. The van der Waals surface area contributed by atoms with E-state index in [0.29, 0.717) is 0 Å². The molecule has 0 amide bonds. The molecule has 0 fully saturated rings. The molecule has 164 valence electrons. The van der Waals surface area contributed by atoms with Gasteiger partial charge in [0.15, 0.2) is 0 Å². The standard InChI is InChI=1S/C24H21OP.3CO.Cr/c1-19(23-16-10-18-25-23)22-15-8-9-17-24(22)26(20-11-4-2-5-12-20)21-13-6-3-7-14-21;3*1-2;/h2-19H,1H3;;;;/t19-;;;;/m1..../s1. The van der Waals surface area contributed by atoms with Gasteiger partial charge in [-0.25, -0.2) is 0 Å². The zero-order valence-corrected chi connectivity index (χ0v) is 20.1. The van der Waals surface area contributed by atoms with Crippen LogP contribution < -0.4 is 15.9 Å². The van der Waals surface area contributed by atoms with Crippen molar-refractivity contribution in [2.75, 3.05) is 0 Å². The van der Waals surface area contributed by atoms with Crippen LogP contribution in [0.5, 0.6) is 0 Å². The summed E-state index contributed by atoms with van der Waals surface area (Å²) in [6.45, 7) is 15.7. The summed E-state index contributed by atoms with van der Waals surface area (Å²) in [7, 11) is -0.617. The van der Waals surface area contributed by atoms with Crippen molar-refractivity contribution < 1.29 is 35.7 Å². The zero-order chi connectivity index (χ0) is 23.8. The monoisotopic (exact) mass is 492 g/mol. The summed E-state index contributed by atoms with van der Waals surface area (Å²) in [5, 5.41) is 4.13. The number of furan rings is 1. The Hall–Kier alpha value is -2.88. The van der Waals surface area contributed by atoms with Crippen molar-refractivity contribution in [3.05, 3.63) is 135 Å². The van der Waals surface area contributed by atoms with Gasteiger partial charge in [0.2, 0.25) is 0 Å². The minimum absolute atomic E-state index is 0. The molecule has 4 nitrogen and oxygen atoms in total. The van der Waals surface area contributed by atoms with Gasteiger partial charge in [-0.1, -0.05) is 91.9 Å². The van der Waals surface area contributed by atoms with Crippen LogP contribution >= 0.6 is 7.92 Å². The molecule has 0 N–H and O–H groups in total. The molecule has 0 aliphatic heterocycles. The number of rotatable bonds is 5. The Bertz CT molecular complexity index is 1040. The summed E-state index contributed by atoms with van der Waals surface area (Å²) in [4.78, 5) is 0. The van der Waals surface area contributed by atoms with E-state index in [2.05, 4.69) is 118 Å². The average Bonchev–Trinajstić information content (AvgIpc) is 3.44. The molecule has 0 unspecified atom stereocenters. The number of hydrogen-bond acceptors (Lipinski definition) is 1. The Kier molecular flexibility index (Phi) is 16.1. The van der Waals surface area contributed by atoms with E-state index in [0.717, 1.165) is 5.76 Å². The largest absolute Gasteiger partial charge is 0 e. The van der Waals surface area contributed by atoms with Gasteiger partial charge in [-0.05, 0) is 41.5 Å². The van der Waals surface area contributed by atoms with Crippen LogP contribution in [0.2, 0.25) is 0 Å². The summed E-state index contributed by atoms with van der Waals surface area (Å²) < 4.78 is 28.2. The Morgan fingerprint density at radius 1 is 0.636 bits per heavy atom. The molecule has 1 heterocycles. The first-order chi connectivity index (χ1) is 15.8. The third-order valence-electron chi connectivity index (χ3n) is 4.64. The van der Waals surface area contributed by atoms with Crippen molar-refractivity contribution in [3.8, 4) is 0 Å². The maximum absolute atomic E-state index is 7.50. The minimum Gasteiger partial charge on any atom is 0 e. The molecule has 1 atom stereocenters. The second-order valence-corrected chi connectivity index (χ2v) is 8.49. The molecule has 0 bridgehead atoms. The average molecular weight is 492 g/mol. The van der Waals surface area contributed by atoms with Gasteiger partial charge >= 0.3 is 33.9 Å². The van der Waals surface area contributed by atoms with Gasteiger partial charge in [0.1, 0.15) is 5.76 Å². The van der Waals surface area contributed by atoms with Gasteiger partial charge in [-0.2, -0.15) is 0 Å². The van der Waals surface area contributed by atoms with Crippen molar-refractivity contribution in [2.45, 2.75) is 12.8 Å². The number of benzene rings is 3. The van der Waals surface area contributed by atoms with Crippen molar-refractivity contribution in [2.24, 2.45) is 0 Å². The maximum atomic E-state index is 7.50. The van der Waals surface area contributed by atoms with Crippen molar-refractivity contribution in [3.63, 3.8) is 0 Å². The molecule has 4 aromatic rings.